The lowest BCUT2D eigenvalue weighted by Gasteiger charge is -2.34. The van der Waals surface area contributed by atoms with Crippen LogP contribution < -0.4 is 0 Å². The van der Waals surface area contributed by atoms with Crippen molar-refractivity contribution in [1.82, 2.24) is 19.7 Å². The summed E-state index contributed by atoms with van der Waals surface area (Å²) in [6.07, 6.45) is 1.20. The smallest absolute Gasteiger partial charge is 0.233 e. The van der Waals surface area contributed by atoms with Crippen LogP contribution in [0.15, 0.2) is 39.9 Å². The number of thioether (sulfide) groups is 1. The van der Waals surface area contributed by atoms with Gasteiger partial charge >= 0.3 is 0 Å². The van der Waals surface area contributed by atoms with Crippen molar-refractivity contribution in [3.05, 3.63) is 30.3 Å². The molecule has 1 amide bonds. The first-order chi connectivity index (χ1) is 13.0. The first-order valence-corrected chi connectivity index (χ1v) is 10.3. The minimum Gasteiger partial charge on any atom is -0.453 e. The fourth-order valence-corrected chi connectivity index (χ4v) is 4.65. The van der Waals surface area contributed by atoms with Crippen LogP contribution in [0.25, 0.3) is 22.6 Å². The summed E-state index contributed by atoms with van der Waals surface area (Å²) in [4.78, 5) is 14.6. The van der Waals surface area contributed by atoms with Crippen LogP contribution in [0.2, 0.25) is 0 Å². The molecule has 0 aliphatic carbocycles. The number of para-hydroxylation sites is 1. The van der Waals surface area contributed by atoms with Crippen LogP contribution in [0.1, 0.15) is 20.3 Å². The van der Waals surface area contributed by atoms with E-state index in [-0.39, 0.29) is 5.91 Å². The number of piperidine rings is 1. The van der Waals surface area contributed by atoms with Gasteiger partial charge in [-0.15, -0.1) is 10.2 Å². The molecule has 1 aliphatic rings. The minimum atomic E-state index is 0.173. The van der Waals surface area contributed by atoms with E-state index in [1.54, 1.807) is 0 Å². The van der Waals surface area contributed by atoms with Gasteiger partial charge < -0.3 is 13.9 Å². The Morgan fingerprint density at radius 2 is 1.96 bits per heavy atom. The number of nitrogens with zero attached hydrogens (tertiary/aromatic N) is 4. The molecule has 4 rings (SSSR count). The van der Waals surface area contributed by atoms with E-state index in [1.807, 2.05) is 46.8 Å². The zero-order valence-electron chi connectivity index (χ0n) is 15.9. The SMILES string of the molecule is C[C@H]1C[C@H](C)CN(C(=O)CSc2nnc(-c3cc4ccccc4o3)n2C)C1. The summed E-state index contributed by atoms with van der Waals surface area (Å²) in [6.45, 7) is 6.14. The second-order valence-electron chi connectivity index (χ2n) is 7.55. The van der Waals surface area contributed by atoms with Gasteiger partial charge in [-0.1, -0.05) is 43.8 Å². The van der Waals surface area contributed by atoms with E-state index in [1.165, 1.54) is 18.2 Å². The maximum atomic E-state index is 12.6. The summed E-state index contributed by atoms with van der Waals surface area (Å²) in [5, 5.41) is 10.3. The van der Waals surface area contributed by atoms with Gasteiger partial charge in [-0.25, -0.2) is 0 Å². The zero-order chi connectivity index (χ0) is 19.0. The van der Waals surface area contributed by atoms with Crippen molar-refractivity contribution >= 4 is 28.6 Å². The van der Waals surface area contributed by atoms with Crippen LogP contribution in [0, 0.1) is 11.8 Å². The largest absolute Gasteiger partial charge is 0.453 e. The first kappa shape index (κ1) is 18.1. The highest BCUT2D eigenvalue weighted by molar-refractivity contribution is 7.99. The molecule has 2 aromatic heterocycles. The molecule has 142 valence electrons. The summed E-state index contributed by atoms with van der Waals surface area (Å²) >= 11 is 1.43. The van der Waals surface area contributed by atoms with Crippen LogP contribution >= 0.6 is 11.8 Å². The second-order valence-corrected chi connectivity index (χ2v) is 8.49. The van der Waals surface area contributed by atoms with E-state index >= 15 is 0 Å². The first-order valence-electron chi connectivity index (χ1n) is 9.30. The van der Waals surface area contributed by atoms with Crippen LogP contribution in [-0.2, 0) is 11.8 Å². The lowest BCUT2D eigenvalue weighted by molar-refractivity contribution is -0.130. The molecule has 0 bridgehead atoms. The maximum absolute atomic E-state index is 12.6. The predicted molar refractivity (Wildman–Crippen MR) is 106 cm³/mol. The average Bonchev–Trinajstić information content (AvgIpc) is 3.22. The third kappa shape index (κ3) is 3.74. The molecule has 3 aromatic rings. The predicted octanol–water partition coefficient (Wildman–Crippen LogP) is 3.82. The standard InChI is InChI=1S/C20H24N4O2S/c1-13-8-14(2)11-24(10-13)18(25)12-27-20-22-21-19(23(20)3)17-9-15-6-4-5-7-16(15)26-17/h4-7,9,13-14H,8,10-12H2,1-3H3/t13-,14-/m0/s1. The molecule has 0 spiro atoms. The number of likely N-dealkylation sites (tertiary alicyclic amines) is 1. The van der Waals surface area contributed by atoms with Crippen molar-refractivity contribution in [3.63, 3.8) is 0 Å². The zero-order valence-corrected chi connectivity index (χ0v) is 16.7. The number of fused-ring (bicyclic) bond motifs is 1. The van der Waals surface area contributed by atoms with Crippen molar-refractivity contribution in [2.24, 2.45) is 18.9 Å². The lowest BCUT2D eigenvalue weighted by Crippen LogP contribution is -2.43. The van der Waals surface area contributed by atoms with E-state index in [0.717, 1.165) is 29.2 Å². The molecule has 0 saturated carbocycles. The van der Waals surface area contributed by atoms with Gasteiger partial charge in [0, 0.05) is 25.5 Å². The molecule has 7 heteroatoms. The molecule has 1 aromatic carbocycles. The van der Waals surface area contributed by atoms with Gasteiger partial charge in [-0.05, 0) is 30.4 Å². The average molecular weight is 385 g/mol. The van der Waals surface area contributed by atoms with Crippen LogP contribution in [-0.4, -0.2) is 44.4 Å². The number of aromatic nitrogens is 3. The topological polar surface area (TPSA) is 64.2 Å². The van der Waals surface area contributed by atoms with Crippen molar-refractivity contribution in [3.8, 4) is 11.6 Å². The Kier molecular flexibility index (Phi) is 4.95. The van der Waals surface area contributed by atoms with E-state index in [9.17, 15) is 4.79 Å². The van der Waals surface area contributed by atoms with E-state index in [2.05, 4.69) is 24.0 Å². The third-order valence-corrected chi connectivity index (χ3v) is 6.03. The molecule has 0 radical (unpaired) electrons. The summed E-state index contributed by atoms with van der Waals surface area (Å²) in [6, 6.07) is 9.84. The van der Waals surface area contributed by atoms with Gasteiger partial charge in [0.25, 0.3) is 0 Å². The van der Waals surface area contributed by atoms with Crippen LogP contribution in [0.5, 0.6) is 0 Å². The highest BCUT2D eigenvalue weighted by Gasteiger charge is 2.26. The van der Waals surface area contributed by atoms with Gasteiger partial charge in [0.15, 0.2) is 16.7 Å². The number of benzene rings is 1. The van der Waals surface area contributed by atoms with Crippen LogP contribution in [0.4, 0.5) is 0 Å². The summed E-state index contributed by atoms with van der Waals surface area (Å²) in [7, 11) is 1.90. The molecular weight excluding hydrogens is 360 g/mol. The van der Waals surface area contributed by atoms with Crippen molar-refractivity contribution in [2.45, 2.75) is 25.4 Å². The van der Waals surface area contributed by atoms with Gasteiger partial charge in [0.05, 0.1) is 5.75 Å². The number of amides is 1. The Hall–Kier alpha value is -2.28. The van der Waals surface area contributed by atoms with E-state index < -0.39 is 0 Å². The molecule has 0 unspecified atom stereocenters. The van der Waals surface area contributed by atoms with Gasteiger partial charge in [-0.2, -0.15) is 0 Å². The summed E-state index contributed by atoms with van der Waals surface area (Å²) in [5.41, 5.74) is 0.827. The number of carbonyl (C=O) groups is 1. The molecule has 6 nitrogen and oxygen atoms in total. The monoisotopic (exact) mass is 384 g/mol. The molecule has 1 fully saturated rings. The fraction of sp³-hybridized carbons (Fsp3) is 0.450. The molecule has 2 atom stereocenters. The van der Waals surface area contributed by atoms with Gasteiger partial charge in [0.1, 0.15) is 5.58 Å². The minimum absolute atomic E-state index is 0.173. The van der Waals surface area contributed by atoms with Crippen molar-refractivity contribution < 1.29 is 9.21 Å². The molecule has 27 heavy (non-hydrogen) atoms. The molecular formula is C20H24N4O2S. The maximum Gasteiger partial charge on any atom is 0.233 e. The van der Waals surface area contributed by atoms with E-state index in [0.29, 0.717) is 29.2 Å². The highest BCUT2D eigenvalue weighted by Crippen LogP contribution is 2.29. The Labute approximate surface area is 162 Å². The fourth-order valence-electron chi connectivity index (χ4n) is 3.83. The third-order valence-electron chi connectivity index (χ3n) is 5.03. The van der Waals surface area contributed by atoms with Gasteiger partial charge in [0.2, 0.25) is 5.91 Å². The second kappa shape index (κ2) is 7.38. The molecule has 0 N–H and O–H groups in total. The Bertz CT molecular complexity index is 921. The summed E-state index contributed by atoms with van der Waals surface area (Å²) < 4.78 is 7.77. The van der Waals surface area contributed by atoms with Crippen molar-refractivity contribution in [2.75, 3.05) is 18.8 Å². The van der Waals surface area contributed by atoms with Crippen molar-refractivity contribution in [1.29, 1.82) is 0 Å². The van der Waals surface area contributed by atoms with Crippen LogP contribution in [0.3, 0.4) is 0 Å². The summed E-state index contributed by atoms with van der Waals surface area (Å²) in [5.74, 6) is 3.04. The Morgan fingerprint density at radius 1 is 1.22 bits per heavy atom. The normalized spacial score (nSPS) is 20.3. The van der Waals surface area contributed by atoms with E-state index in [4.69, 9.17) is 4.42 Å². The number of furan rings is 1. The Balaban J connectivity index is 1.45. The molecule has 1 saturated heterocycles. The Morgan fingerprint density at radius 3 is 2.70 bits per heavy atom. The lowest BCUT2D eigenvalue weighted by atomic mass is 9.92. The number of carbonyl (C=O) groups excluding carboxylic acids is 1. The number of hydrogen-bond donors (Lipinski definition) is 0. The van der Waals surface area contributed by atoms with Gasteiger partial charge in [-0.3, -0.25) is 4.79 Å². The number of rotatable bonds is 4. The molecule has 3 heterocycles. The number of hydrogen-bond acceptors (Lipinski definition) is 5. The highest BCUT2D eigenvalue weighted by atomic mass is 32.2. The quantitative estimate of drug-likeness (QED) is 0.640. The molecule has 1 aliphatic heterocycles.